The molecule has 0 atom stereocenters. The van der Waals surface area contributed by atoms with Crippen molar-refractivity contribution < 1.29 is 18.3 Å². The van der Waals surface area contributed by atoms with Gasteiger partial charge in [-0.05, 0) is 24.1 Å². The monoisotopic (exact) mass is 372 g/mol. The van der Waals surface area contributed by atoms with Crippen molar-refractivity contribution in [1.82, 2.24) is 4.98 Å². The topological polar surface area (TPSA) is 43.4 Å². The van der Waals surface area contributed by atoms with Gasteiger partial charge in [0.1, 0.15) is 5.69 Å². The van der Waals surface area contributed by atoms with Gasteiger partial charge >= 0.3 is 0 Å². The minimum atomic E-state index is -0.716. The molecule has 2 aromatic rings. The molecular weight excluding hydrogens is 358 g/mol. The van der Waals surface area contributed by atoms with Gasteiger partial charge in [0.2, 0.25) is 0 Å². The lowest BCUT2D eigenvalue weighted by molar-refractivity contribution is 0.354. The third-order valence-corrected chi connectivity index (χ3v) is 3.84. The Balaban J connectivity index is 2.09. The highest BCUT2D eigenvalue weighted by molar-refractivity contribution is 9.10. The number of anilines is 1. The molecule has 0 aliphatic heterocycles. The molecule has 0 aliphatic carbocycles. The fourth-order valence-electron chi connectivity index (χ4n) is 1.99. The molecular formula is C15H15BrF2N2O2. The minimum absolute atomic E-state index is 0.174. The van der Waals surface area contributed by atoms with Gasteiger partial charge in [0, 0.05) is 11.0 Å². The lowest BCUT2D eigenvalue weighted by Gasteiger charge is -2.13. The third kappa shape index (κ3) is 3.65. The molecule has 0 radical (unpaired) electrons. The van der Waals surface area contributed by atoms with Crippen molar-refractivity contribution in [1.29, 1.82) is 0 Å². The van der Waals surface area contributed by atoms with E-state index in [2.05, 4.69) is 26.2 Å². The Kier molecular flexibility index (Phi) is 5.54. The van der Waals surface area contributed by atoms with E-state index >= 15 is 0 Å². The second-order valence-corrected chi connectivity index (χ2v) is 5.31. The zero-order chi connectivity index (χ0) is 16.1. The molecule has 0 saturated heterocycles. The van der Waals surface area contributed by atoms with Crippen LogP contribution >= 0.6 is 15.9 Å². The Morgan fingerprint density at radius 3 is 2.27 bits per heavy atom. The number of nitrogens with one attached hydrogen (secondary N) is 1. The lowest BCUT2D eigenvalue weighted by atomic mass is 10.1. The van der Waals surface area contributed by atoms with E-state index in [-0.39, 0.29) is 5.69 Å². The molecule has 2 rings (SSSR count). The maximum absolute atomic E-state index is 13.5. The Bertz CT molecular complexity index is 648. The predicted octanol–water partition coefficient (Wildman–Crippen LogP) is 3.79. The molecule has 118 valence electrons. The first kappa shape index (κ1) is 16.5. The summed E-state index contributed by atoms with van der Waals surface area (Å²) < 4.78 is 38.2. The fraction of sp³-hybridized carbons (Fsp3) is 0.267. The molecule has 0 aliphatic rings. The van der Waals surface area contributed by atoms with Crippen molar-refractivity contribution in [3.63, 3.8) is 0 Å². The summed E-state index contributed by atoms with van der Waals surface area (Å²) in [5, 5.41) is 2.74. The van der Waals surface area contributed by atoms with Crippen LogP contribution in [0.15, 0.2) is 29.0 Å². The van der Waals surface area contributed by atoms with E-state index in [0.717, 1.165) is 22.4 Å². The highest BCUT2D eigenvalue weighted by atomic mass is 79.9. The molecule has 1 aromatic carbocycles. The number of aromatic nitrogens is 1. The Hall–Kier alpha value is -1.89. The standard InChI is InChI=1S/C15H15BrF2N2O2/c1-21-13-5-9(10(16)6-14(13)22-2)3-4-20-15-11(17)7-19-8-12(15)18/h5-8H,3-4H2,1-2H3,(H,19,20). The highest BCUT2D eigenvalue weighted by Crippen LogP contribution is 2.33. The van der Waals surface area contributed by atoms with Gasteiger partial charge in [0.05, 0.1) is 26.6 Å². The number of ether oxygens (including phenoxy) is 2. The van der Waals surface area contributed by atoms with E-state index in [1.807, 2.05) is 6.07 Å². The molecule has 0 bridgehead atoms. The molecule has 1 aromatic heterocycles. The first-order valence-corrected chi connectivity index (χ1v) is 7.29. The lowest BCUT2D eigenvalue weighted by Crippen LogP contribution is -2.09. The summed E-state index contributed by atoms with van der Waals surface area (Å²) in [5.41, 5.74) is 0.756. The van der Waals surface area contributed by atoms with Gasteiger partial charge in [-0.3, -0.25) is 4.98 Å². The van der Waals surface area contributed by atoms with Gasteiger partial charge in [0.15, 0.2) is 23.1 Å². The summed E-state index contributed by atoms with van der Waals surface area (Å²) in [5.74, 6) is -0.225. The summed E-state index contributed by atoms with van der Waals surface area (Å²) in [4.78, 5) is 3.44. The van der Waals surface area contributed by atoms with Crippen LogP contribution in [0.3, 0.4) is 0 Å². The van der Waals surface area contributed by atoms with E-state index in [1.54, 1.807) is 20.3 Å². The number of hydrogen-bond donors (Lipinski definition) is 1. The maximum atomic E-state index is 13.5. The van der Waals surface area contributed by atoms with Crippen molar-refractivity contribution in [2.45, 2.75) is 6.42 Å². The van der Waals surface area contributed by atoms with Crippen LogP contribution in [0.5, 0.6) is 11.5 Å². The van der Waals surface area contributed by atoms with Gasteiger partial charge in [-0.25, -0.2) is 8.78 Å². The van der Waals surface area contributed by atoms with E-state index < -0.39 is 11.6 Å². The minimum Gasteiger partial charge on any atom is -0.493 e. The van der Waals surface area contributed by atoms with Gasteiger partial charge in [-0.1, -0.05) is 15.9 Å². The van der Waals surface area contributed by atoms with Crippen LogP contribution in [0, 0.1) is 11.6 Å². The number of benzene rings is 1. The Morgan fingerprint density at radius 1 is 1.09 bits per heavy atom. The van der Waals surface area contributed by atoms with Gasteiger partial charge < -0.3 is 14.8 Å². The zero-order valence-corrected chi connectivity index (χ0v) is 13.7. The van der Waals surface area contributed by atoms with E-state index in [9.17, 15) is 8.78 Å². The van der Waals surface area contributed by atoms with Gasteiger partial charge in [-0.2, -0.15) is 0 Å². The average Bonchev–Trinajstić information content (AvgIpc) is 2.51. The molecule has 0 saturated carbocycles. The van der Waals surface area contributed by atoms with Crippen molar-refractivity contribution >= 4 is 21.6 Å². The van der Waals surface area contributed by atoms with Crippen molar-refractivity contribution in [3.05, 3.63) is 46.2 Å². The quantitative estimate of drug-likeness (QED) is 0.837. The highest BCUT2D eigenvalue weighted by Gasteiger charge is 2.11. The number of hydrogen-bond acceptors (Lipinski definition) is 4. The molecule has 0 unspecified atom stereocenters. The maximum Gasteiger partial charge on any atom is 0.167 e. The van der Waals surface area contributed by atoms with Crippen molar-refractivity contribution in [3.8, 4) is 11.5 Å². The number of pyridine rings is 1. The van der Waals surface area contributed by atoms with Crippen LogP contribution in [-0.4, -0.2) is 25.7 Å². The molecule has 0 amide bonds. The second-order valence-electron chi connectivity index (χ2n) is 4.45. The smallest absolute Gasteiger partial charge is 0.167 e. The number of halogens is 3. The van der Waals surface area contributed by atoms with Gasteiger partial charge in [0.25, 0.3) is 0 Å². The van der Waals surface area contributed by atoms with Crippen LogP contribution in [0.4, 0.5) is 14.5 Å². The second kappa shape index (κ2) is 7.40. The average molecular weight is 373 g/mol. The Labute approximate surface area is 135 Å². The van der Waals surface area contributed by atoms with E-state index in [0.29, 0.717) is 24.5 Å². The molecule has 0 fully saturated rings. The van der Waals surface area contributed by atoms with E-state index in [4.69, 9.17) is 9.47 Å². The van der Waals surface area contributed by atoms with Crippen molar-refractivity contribution in [2.75, 3.05) is 26.1 Å². The SMILES string of the molecule is COc1cc(Br)c(CCNc2c(F)cncc2F)cc1OC. The number of nitrogens with zero attached hydrogens (tertiary/aromatic N) is 1. The molecule has 1 N–H and O–H groups in total. The molecule has 0 spiro atoms. The molecule has 4 nitrogen and oxygen atoms in total. The predicted molar refractivity (Wildman–Crippen MR) is 83.6 cm³/mol. The summed E-state index contributed by atoms with van der Waals surface area (Å²) in [6.07, 6.45) is 2.48. The van der Waals surface area contributed by atoms with Crippen LogP contribution in [0.25, 0.3) is 0 Å². The summed E-state index contributed by atoms with van der Waals surface area (Å²) in [6, 6.07) is 3.62. The first-order valence-electron chi connectivity index (χ1n) is 6.50. The molecule has 7 heteroatoms. The number of methoxy groups -OCH3 is 2. The largest absolute Gasteiger partial charge is 0.493 e. The zero-order valence-electron chi connectivity index (χ0n) is 12.1. The first-order chi connectivity index (χ1) is 10.6. The van der Waals surface area contributed by atoms with Crippen LogP contribution < -0.4 is 14.8 Å². The van der Waals surface area contributed by atoms with Gasteiger partial charge in [-0.15, -0.1) is 0 Å². The molecule has 1 heterocycles. The van der Waals surface area contributed by atoms with E-state index in [1.165, 1.54) is 0 Å². The Morgan fingerprint density at radius 2 is 1.68 bits per heavy atom. The van der Waals surface area contributed by atoms with Crippen LogP contribution in [0.2, 0.25) is 0 Å². The fourth-order valence-corrected chi connectivity index (χ4v) is 2.51. The van der Waals surface area contributed by atoms with Crippen LogP contribution in [-0.2, 0) is 6.42 Å². The normalized spacial score (nSPS) is 10.4. The van der Waals surface area contributed by atoms with Crippen LogP contribution in [0.1, 0.15) is 5.56 Å². The third-order valence-electron chi connectivity index (χ3n) is 3.10. The van der Waals surface area contributed by atoms with Crippen molar-refractivity contribution in [2.24, 2.45) is 0 Å². The summed E-state index contributed by atoms with van der Waals surface area (Å²) >= 11 is 3.45. The summed E-state index contributed by atoms with van der Waals surface area (Å²) in [7, 11) is 3.11. The molecule has 22 heavy (non-hydrogen) atoms. The number of rotatable bonds is 6. The summed E-state index contributed by atoms with van der Waals surface area (Å²) in [6.45, 7) is 0.353.